The minimum atomic E-state index is -0.643. The number of hydrogen-bond donors (Lipinski definition) is 2. The van der Waals surface area contributed by atoms with E-state index >= 15 is 0 Å². The first-order chi connectivity index (χ1) is 13.3. The van der Waals surface area contributed by atoms with Crippen LogP contribution in [-0.4, -0.2) is 36.6 Å². The van der Waals surface area contributed by atoms with Crippen LogP contribution in [0.2, 0.25) is 0 Å². The van der Waals surface area contributed by atoms with E-state index < -0.39 is 23.8 Å². The van der Waals surface area contributed by atoms with Gasteiger partial charge in [0, 0.05) is 7.11 Å². The Balaban J connectivity index is 2.00. The minimum Gasteiger partial charge on any atom is -0.489 e. The Bertz CT molecular complexity index is 725. The molecule has 0 aliphatic carbocycles. The molecule has 0 heterocycles. The van der Waals surface area contributed by atoms with Crippen LogP contribution in [0.5, 0.6) is 5.75 Å². The number of amides is 1. The third-order valence-corrected chi connectivity index (χ3v) is 3.98. The smallest absolute Gasteiger partial charge is 0.408 e. The summed E-state index contributed by atoms with van der Waals surface area (Å²) in [5.41, 5.74) is 1.28. The summed E-state index contributed by atoms with van der Waals surface area (Å²) >= 11 is 0. The molecule has 0 bridgehead atoms. The summed E-state index contributed by atoms with van der Waals surface area (Å²) in [5, 5.41) is 12.4. The van der Waals surface area contributed by atoms with Gasteiger partial charge >= 0.3 is 6.09 Å². The topological polar surface area (TPSA) is 77.0 Å². The van der Waals surface area contributed by atoms with E-state index in [2.05, 4.69) is 5.32 Å². The molecule has 0 saturated heterocycles. The normalized spacial score (nSPS) is 13.5. The van der Waals surface area contributed by atoms with Gasteiger partial charge in [0.25, 0.3) is 0 Å². The first-order valence-corrected chi connectivity index (χ1v) is 9.22. The van der Waals surface area contributed by atoms with E-state index in [1.54, 1.807) is 20.8 Å². The van der Waals surface area contributed by atoms with E-state index in [0.29, 0.717) is 6.61 Å². The Morgan fingerprint density at radius 2 is 1.71 bits per heavy atom. The fourth-order valence-corrected chi connectivity index (χ4v) is 2.70. The molecule has 6 heteroatoms. The van der Waals surface area contributed by atoms with Gasteiger partial charge in [-0.05, 0) is 44.0 Å². The van der Waals surface area contributed by atoms with Gasteiger partial charge in [0.1, 0.15) is 24.1 Å². The van der Waals surface area contributed by atoms with E-state index in [1.165, 1.54) is 7.11 Å². The van der Waals surface area contributed by atoms with Crippen LogP contribution in [0.25, 0.3) is 0 Å². The highest BCUT2D eigenvalue weighted by atomic mass is 16.6. The number of rotatable bonds is 8. The highest BCUT2D eigenvalue weighted by Crippen LogP contribution is 2.24. The van der Waals surface area contributed by atoms with E-state index in [-0.39, 0.29) is 6.61 Å². The van der Waals surface area contributed by atoms with E-state index in [0.717, 1.165) is 16.9 Å². The standard InChI is InChI=1S/C22H29NO5/c1-22(2,3)28-21(25)23-19(14-24)20(26-4)17-10-12-18(13-11-17)27-15-16-8-6-5-7-9-16/h5-13,19-20,24H,14-15H2,1-4H3,(H,23,25)/t19-,20-/m0/s1. The van der Waals surface area contributed by atoms with E-state index in [9.17, 15) is 9.90 Å². The van der Waals surface area contributed by atoms with Crippen molar-refractivity contribution in [1.82, 2.24) is 5.32 Å². The second-order valence-electron chi connectivity index (χ2n) is 7.43. The molecular formula is C22H29NO5. The first kappa shape index (κ1) is 21.7. The fourth-order valence-electron chi connectivity index (χ4n) is 2.70. The number of aliphatic hydroxyl groups is 1. The van der Waals surface area contributed by atoms with Crippen molar-refractivity contribution >= 4 is 6.09 Å². The molecule has 2 aromatic carbocycles. The van der Waals surface area contributed by atoms with Gasteiger partial charge < -0.3 is 24.6 Å². The third-order valence-electron chi connectivity index (χ3n) is 3.98. The summed E-state index contributed by atoms with van der Waals surface area (Å²) in [6.07, 6.45) is -1.13. The zero-order chi connectivity index (χ0) is 20.6. The maximum atomic E-state index is 12.0. The Labute approximate surface area is 166 Å². The molecule has 1 amide bonds. The molecule has 28 heavy (non-hydrogen) atoms. The maximum Gasteiger partial charge on any atom is 0.408 e. The van der Waals surface area contributed by atoms with Gasteiger partial charge in [-0.3, -0.25) is 0 Å². The van der Waals surface area contributed by atoms with Crippen LogP contribution in [0.3, 0.4) is 0 Å². The van der Waals surface area contributed by atoms with Crippen molar-refractivity contribution < 1.29 is 24.1 Å². The second-order valence-corrected chi connectivity index (χ2v) is 7.43. The molecule has 2 N–H and O–H groups in total. The predicted molar refractivity (Wildman–Crippen MR) is 107 cm³/mol. The van der Waals surface area contributed by atoms with Gasteiger partial charge in [0.2, 0.25) is 0 Å². The van der Waals surface area contributed by atoms with Gasteiger partial charge in [-0.15, -0.1) is 0 Å². The average Bonchev–Trinajstić information content (AvgIpc) is 2.66. The summed E-state index contributed by atoms with van der Waals surface area (Å²) in [5.74, 6) is 0.725. The number of aliphatic hydroxyl groups excluding tert-OH is 1. The SMILES string of the molecule is CO[C@@H](c1ccc(OCc2ccccc2)cc1)[C@H](CO)NC(=O)OC(C)(C)C. The Morgan fingerprint density at radius 1 is 1.07 bits per heavy atom. The van der Waals surface area contributed by atoms with Crippen molar-refractivity contribution in [3.05, 3.63) is 65.7 Å². The van der Waals surface area contributed by atoms with Crippen LogP contribution in [0, 0.1) is 0 Å². The lowest BCUT2D eigenvalue weighted by molar-refractivity contribution is 0.0215. The zero-order valence-electron chi connectivity index (χ0n) is 16.8. The molecule has 2 rings (SSSR count). The molecule has 6 nitrogen and oxygen atoms in total. The molecule has 0 radical (unpaired) electrons. The summed E-state index contributed by atoms with van der Waals surface area (Å²) in [7, 11) is 1.53. The monoisotopic (exact) mass is 387 g/mol. The first-order valence-electron chi connectivity index (χ1n) is 9.22. The van der Waals surface area contributed by atoms with Gasteiger partial charge in [0.05, 0.1) is 12.6 Å². The van der Waals surface area contributed by atoms with Crippen molar-refractivity contribution in [3.63, 3.8) is 0 Å². The maximum absolute atomic E-state index is 12.0. The van der Waals surface area contributed by atoms with E-state index in [1.807, 2.05) is 54.6 Å². The summed E-state index contributed by atoms with van der Waals surface area (Å²) in [6.45, 7) is 5.53. The Hall–Kier alpha value is -2.57. The van der Waals surface area contributed by atoms with Crippen molar-refractivity contribution in [1.29, 1.82) is 0 Å². The highest BCUT2D eigenvalue weighted by Gasteiger charge is 2.26. The predicted octanol–water partition coefficient (Wildman–Crippen LogP) is 3.84. The van der Waals surface area contributed by atoms with Crippen molar-refractivity contribution in [3.8, 4) is 5.75 Å². The van der Waals surface area contributed by atoms with Crippen molar-refractivity contribution in [2.75, 3.05) is 13.7 Å². The Kier molecular flexibility index (Phi) is 7.84. The second kappa shape index (κ2) is 10.1. The van der Waals surface area contributed by atoms with E-state index in [4.69, 9.17) is 14.2 Å². The van der Waals surface area contributed by atoms with Crippen LogP contribution in [0.4, 0.5) is 4.79 Å². The lowest BCUT2D eigenvalue weighted by Gasteiger charge is -2.27. The minimum absolute atomic E-state index is 0.288. The number of alkyl carbamates (subject to hydrolysis) is 1. The van der Waals surface area contributed by atoms with Gasteiger partial charge in [-0.2, -0.15) is 0 Å². The number of nitrogens with one attached hydrogen (secondary N) is 1. The number of methoxy groups -OCH3 is 1. The van der Waals surface area contributed by atoms with Crippen LogP contribution in [0.15, 0.2) is 54.6 Å². The molecule has 0 aliphatic rings. The molecule has 2 atom stereocenters. The van der Waals surface area contributed by atoms with Crippen LogP contribution < -0.4 is 10.1 Å². The van der Waals surface area contributed by atoms with Gasteiger partial charge in [-0.1, -0.05) is 42.5 Å². The zero-order valence-corrected chi connectivity index (χ0v) is 16.8. The number of carbonyl (C=O) groups excluding carboxylic acids is 1. The van der Waals surface area contributed by atoms with Crippen molar-refractivity contribution in [2.45, 2.75) is 45.1 Å². The molecule has 0 unspecified atom stereocenters. The molecule has 0 spiro atoms. The number of carbonyl (C=O) groups is 1. The van der Waals surface area contributed by atoms with Gasteiger partial charge in [-0.25, -0.2) is 4.79 Å². The van der Waals surface area contributed by atoms with Gasteiger partial charge in [0.15, 0.2) is 0 Å². The van der Waals surface area contributed by atoms with Crippen LogP contribution in [-0.2, 0) is 16.1 Å². The number of benzene rings is 2. The molecule has 152 valence electrons. The van der Waals surface area contributed by atoms with Crippen LogP contribution >= 0.6 is 0 Å². The number of ether oxygens (including phenoxy) is 3. The molecule has 0 fully saturated rings. The summed E-state index contributed by atoms with van der Waals surface area (Å²) < 4.78 is 16.6. The summed E-state index contributed by atoms with van der Waals surface area (Å²) in [6, 6.07) is 16.7. The molecule has 2 aromatic rings. The average molecular weight is 387 g/mol. The summed E-state index contributed by atoms with van der Waals surface area (Å²) in [4.78, 5) is 12.0. The molecular weight excluding hydrogens is 358 g/mol. The third kappa shape index (κ3) is 6.87. The lowest BCUT2D eigenvalue weighted by Crippen LogP contribution is -2.44. The molecule has 0 saturated carbocycles. The highest BCUT2D eigenvalue weighted by molar-refractivity contribution is 5.68. The lowest BCUT2D eigenvalue weighted by atomic mass is 10.0. The quantitative estimate of drug-likeness (QED) is 0.720. The molecule has 0 aliphatic heterocycles. The van der Waals surface area contributed by atoms with Crippen LogP contribution in [0.1, 0.15) is 38.0 Å². The van der Waals surface area contributed by atoms with Crippen molar-refractivity contribution in [2.24, 2.45) is 0 Å². The molecule has 0 aromatic heterocycles. The fraction of sp³-hybridized carbons (Fsp3) is 0.409. The largest absolute Gasteiger partial charge is 0.489 e. The number of hydrogen-bond acceptors (Lipinski definition) is 5. The Morgan fingerprint density at radius 3 is 2.25 bits per heavy atom.